The van der Waals surface area contributed by atoms with Gasteiger partial charge in [-0.25, -0.2) is 0 Å². The molecule has 1 amide bonds. The van der Waals surface area contributed by atoms with Crippen LogP contribution in [0.1, 0.15) is 20.8 Å². The van der Waals surface area contributed by atoms with Crippen molar-refractivity contribution in [1.29, 1.82) is 0 Å². The third kappa shape index (κ3) is 5.19. The molecule has 94 valence electrons. The van der Waals surface area contributed by atoms with E-state index in [1.165, 1.54) is 0 Å². The van der Waals surface area contributed by atoms with Gasteiger partial charge in [-0.3, -0.25) is 4.79 Å². The van der Waals surface area contributed by atoms with Gasteiger partial charge < -0.3 is 5.32 Å². The molecule has 0 fully saturated rings. The molecule has 0 aliphatic heterocycles. The molecule has 0 aliphatic carbocycles. The number of thioether (sulfide) groups is 1. The van der Waals surface area contributed by atoms with Crippen LogP contribution in [0.15, 0.2) is 18.2 Å². The van der Waals surface area contributed by atoms with Gasteiger partial charge >= 0.3 is 0 Å². The summed E-state index contributed by atoms with van der Waals surface area (Å²) in [6.45, 7) is 6.20. The SMILES string of the molecule is CC(C)(C)SCC(=O)Nc1cccc(Cl)c1Cl. The van der Waals surface area contributed by atoms with E-state index in [1.54, 1.807) is 30.0 Å². The molecule has 5 heteroatoms. The zero-order valence-electron chi connectivity index (χ0n) is 10.0. The molecule has 2 nitrogen and oxygen atoms in total. The molecule has 0 aliphatic rings. The fourth-order valence-electron chi connectivity index (χ4n) is 1.07. The lowest BCUT2D eigenvalue weighted by Gasteiger charge is -2.17. The number of hydrogen-bond acceptors (Lipinski definition) is 2. The van der Waals surface area contributed by atoms with E-state index in [0.29, 0.717) is 21.5 Å². The van der Waals surface area contributed by atoms with E-state index in [2.05, 4.69) is 26.1 Å². The summed E-state index contributed by atoms with van der Waals surface area (Å²) in [4.78, 5) is 11.7. The Kier molecular flexibility index (Phi) is 5.17. The van der Waals surface area contributed by atoms with Gasteiger partial charge in [-0.2, -0.15) is 0 Å². The van der Waals surface area contributed by atoms with Crippen molar-refractivity contribution in [2.45, 2.75) is 25.5 Å². The van der Waals surface area contributed by atoms with Crippen LogP contribution in [-0.4, -0.2) is 16.4 Å². The zero-order chi connectivity index (χ0) is 13.1. The van der Waals surface area contributed by atoms with Gasteiger partial charge in [-0.1, -0.05) is 50.0 Å². The largest absolute Gasteiger partial charge is 0.324 e. The minimum absolute atomic E-state index is 0.0649. The molecular weight excluding hydrogens is 277 g/mol. The van der Waals surface area contributed by atoms with Crippen molar-refractivity contribution in [1.82, 2.24) is 0 Å². The zero-order valence-corrected chi connectivity index (χ0v) is 12.3. The molecule has 0 atom stereocenters. The molecule has 1 aromatic rings. The van der Waals surface area contributed by atoms with Crippen LogP contribution in [0.2, 0.25) is 10.0 Å². The molecule has 0 spiro atoms. The quantitative estimate of drug-likeness (QED) is 0.891. The summed E-state index contributed by atoms with van der Waals surface area (Å²) in [5.41, 5.74) is 0.554. The molecule has 0 radical (unpaired) electrons. The number of carbonyl (C=O) groups excluding carboxylic acids is 1. The van der Waals surface area contributed by atoms with E-state index in [1.807, 2.05) is 0 Å². The summed E-state index contributed by atoms with van der Waals surface area (Å²) in [5.74, 6) is 0.320. The first-order chi connectivity index (χ1) is 7.79. The van der Waals surface area contributed by atoms with Crippen molar-refractivity contribution in [3.63, 3.8) is 0 Å². The second-order valence-corrected chi connectivity index (χ2v) is 7.14. The number of hydrogen-bond donors (Lipinski definition) is 1. The fraction of sp³-hybridized carbons (Fsp3) is 0.417. The van der Waals surface area contributed by atoms with E-state index in [9.17, 15) is 4.79 Å². The van der Waals surface area contributed by atoms with Gasteiger partial charge in [0.15, 0.2) is 0 Å². The highest BCUT2D eigenvalue weighted by Gasteiger charge is 2.14. The average molecular weight is 292 g/mol. The Bertz CT molecular complexity index is 415. The molecule has 0 heterocycles. The number of rotatable bonds is 3. The topological polar surface area (TPSA) is 29.1 Å². The Morgan fingerprint density at radius 3 is 2.59 bits per heavy atom. The Hall–Kier alpha value is -0.380. The van der Waals surface area contributed by atoms with Gasteiger partial charge in [0.1, 0.15) is 0 Å². The highest BCUT2D eigenvalue weighted by atomic mass is 35.5. The smallest absolute Gasteiger partial charge is 0.234 e. The minimum Gasteiger partial charge on any atom is -0.324 e. The van der Waals surface area contributed by atoms with Crippen LogP contribution in [0.4, 0.5) is 5.69 Å². The lowest BCUT2D eigenvalue weighted by molar-refractivity contribution is -0.113. The van der Waals surface area contributed by atoms with Crippen LogP contribution < -0.4 is 5.32 Å². The number of benzene rings is 1. The monoisotopic (exact) mass is 291 g/mol. The summed E-state index contributed by atoms with van der Waals surface area (Å²) in [7, 11) is 0. The maximum absolute atomic E-state index is 11.7. The van der Waals surface area contributed by atoms with Crippen molar-refractivity contribution >= 4 is 46.6 Å². The Morgan fingerprint density at radius 1 is 1.35 bits per heavy atom. The third-order valence-electron chi connectivity index (χ3n) is 1.86. The van der Waals surface area contributed by atoms with Crippen LogP contribution in [0.3, 0.4) is 0 Å². The van der Waals surface area contributed by atoms with Gasteiger partial charge in [-0.05, 0) is 12.1 Å². The Morgan fingerprint density at radius 2 is 2.00 bits per heavy atom. The second kappa shape index (κ2) is 5.98. The summed E-state index contributed by atoms with van der Waals surface area (Å²) in [6, 6.07) is 5.16. The lowest BCUT2D eigenvalue weighted by Crippen LogP contribution is -2.19. The number of anilines is 1. The van der Waals surface area contributed by atoms with Crippen molar-refractivity contribution in [3.05, 3.63) is 28.2 Å². The van der Waals surface area contributed by atoms with Gasteiger partial charge in [0.25, 0.3) is 0 Å². The molecule has 0 aromatic heterocycles. The van der Waals surface area contributed by atoms with Crippen LogP contribution in [-0.2, 0) is 4.79 Å². The van der Waals surface area contributed by atoms with Gasteiger partial charge in [0, 0.05) is 4.75 Å². The first-order valence-electron chi connectivity index (χ1n) is 5.17. The van der Waals surface area contributed by atoms with E-state index in [4.69, 9.17) is 23.2 Å². The highest BCUT2D eigenvalue weighted by molar-refractivity contribution is 8.01. The van der Waals surface area contributed by atoms with Crippen LogP contribution in [0.5, 0.6) is 0 Å². The summed E-state index contributed by atoms with van der Waals surface area (Å²) < 4.78 is 0.0649. The first kappa shape index (κ1) is 14.7. The van der Waals surface area contributed by atoms with E-state index in [-0.39, 0.29) is 10.7 Å². The summed E-state index contributed by atoms with van der Waals surface area (Å²) >= 11 is 13.4. The molecule has 0 unspecified atom stereocenters. The second-order valence-electron chi connectivity index (χ2n) is 4.55. The van der Waals surface area contributed by atoms with Crippen molar-refractivity contribution < 1.29 is 4.79 Å². The van der Waals surface area contributed by atoms with Crippen LogP contribution in [0.25, 0.3) is 0 Å². The molecule has 1 rings (SSSR count). The van der Waals surface area contributed by atoms with Crippen LogP contribution in [0, 0.1) is 0 Å². The molecule has 1 N–H and O–H groups in total. The van der Waals surface area contributed by atoms with Crippen molar-refractivity contribution in [2.75, 3.05) is 11.1 Å². The van der Waals surface area contributed by atoms with Crippen molar-refractivity contribution in [2.24, 2.45) is 0 Å². The van der Waals surface area contributed by atoms with E-state index in [0.717, 1.165) is 0 Å². The number of carbonyl (C=O) groups is 1. The number of halogens is 2. The molecular formula is C12H15Cl2NOS. The standard InChI is InChI=1S/C12H15Cl2NOS/c1-12(2,3)17-7-10(16)15-9-6-4-5-8(13)11(9)14/h4-6H,7H2,1-3H3,(H,15,16). The Labute approximate surface area is 116 Å². The van der Waals surface area contributed by atoms with Crippen molar-refractivity contribution in [3.8, 4) is 0 Å². The fourth-order valence-corrected chi connectivity index (χ4v) is 2.05. The molecule has 0 saturated heterocycles. The molecule has 0 saturated carbocycles. The molecule has 0 bridgehead atoms. The third-order valence-corrected chi connectivity index (χ3v) is 3.95. The van der Waals surface area contributed by atoms with Gasteiger partial charge in [0.2, 0.25) is 5.91 Å². The highest BCUT2D eigenvalue weighted by Crippen LogP contribution is 2.30. The normalized spacial score (nSPS) is 11.4. The summed E-state index contributed by atoms with van der Waals surface area (Å²) in [5, 5.41) is 3.56. The van der Waals surface area contributed by atoms with Gasteiger partial charge in [-0.15, -0.1) is 11.8 Å². The Balaban J connectivity index is 2.60. The molecule has 17 heavy (non-hydrogen) atoms. The maximum atomic E-state index is 11.7. The number of amides is 1. The van der Waals surface area contributed by atoms with E-state index >= 15 is 0 Å². The lowest BCUT2D eigenvalue weighted by atomic mass is 10.3. The predicted octanol–water partition coefficient (Wildman–Crippen LogP) is 4.46. The predicted molar refractivity (Wildman–Crippen MR) is 77.3 cm³/mol. The van der Waals surface area contributed by atoms with E-state index < -0.39 is 0 Å². The first-order valence-corrected chi connectivity index (χ1v) is 6.91. The minimum atomic E-state index is -0.0749. The molecule has 1 aromatic carbocycles. The van der Waals surface area contributed by atoms with Crippen LogP contribution >= 0.6 is 35.0 Å². The average Bonchev–Trinajstić information content (AvgIpc) is 2.21. The summed E-state index contributed by atoms with van der Waals surface area (Å²) in [6.07, 6.45) is 0. The maximum Gasteiger partial charge on any atom is 0.234 e. The number of nitrogens with one attached hydrogen (secondary N) is 1. The van der Waals surface area contributed by atoms with Gasteiger partial charge in [0.05, 0.1) is 21.5 Å².